The molecule has 132 valence electrons. The molecule has 3 rings (SSSR count). The van der Waals surface area contributed by atoms with Crippen molar-refractivity contribution in [1.29, 1.82) is 0 Å². The van der Waals surface area contributed by atoms with Crippen LogP contribution >= 0.6 is 12.4 Å². The molecule has 1 N–H and O–H groups in total. The van der Waals surface area contributed by atoms with E-state index in [1.54, 1.807) is 0 Å². The second-order valence-electron chi connectivity index (χ2n) is 6.78. The Balaban J connectivity index is 0.00000192. The number of carbonyl (C=O) groups is 2. The van der Waals surface area contributed by atoms with Gasteiger partial charge in [0.15, 0.2) is 0 Å². The molecule has 1 amide bonds. The Bertz CT molecular complexity index is 413. The topological polar surface area (TPSA) is 61.9 Å². The van der Waals surface area contributed by atoms with E-state index in [0.717, 1.165) is 19.5 Å². The van der Waals surface area contributed by atoms with Gasteiger partial charge in [0.25, 0.3) is 0 Å². The predicted molar refractivity (Wildman–Crippen MR) is 89.6 cm³/mol. The van der Waals surface area contributed by atoms with Crippen molar-refractivity contribution >= 4 is 24.3 Å². The first-order valence-electron chi connectivity index (χ1n) is 8.51. The zero-order chi connectivity index (χ0) is 15.5. The molecule has 0 radical (unpaired) electrons. The average molecular weight is 346 g/mol. The minimum absolute atomic E-state index is 0. The quantitative estimate of drug-likeness (QED) is 0.761. The molecule has 3 unspecified atom stereocenters. The summed E-state index contributed by atoms with van der Waals surface area (Å²) in [4.78, 5) is 28.0. The van der Waals surface area contributed by atoms with Crippen LogP contribution in [0, 0.1) is 5.92 Å². The van der Waals surface area contributed by atoms with Gasteiger partial charge in [-0.05, 0) is 25.2 Å². The number of nitrogens with one attached hydrogen (secondary N) is 1. The zero-order valence-corrected chi connectivity index (χ0v) is 14.6. The summed E-state index contributed by atoms with van der Waals surface area (Å²) in [5.41, 5.74) is 0. The van der Waals surface area contributed by atoms with Crippen LogP contribution in [0.4, 0.5) is 0 Å². The molecule has 0 aromatic heterocycles. The lowest BCUT2D eigenvalue weighted by atomic mass is 9.85. The number of rotatable bonds is 3. The van der Waals surface area contributed by atoms with Gasteiger partial charge in [-0.15, -0.1) is 12.4 Å². The molecule has 6 nitrogen and oxygen atoms in total. The number of piperazine rings is 1. The summed E-state index contributed by atoms with van der Waals surface area (Å²) >= 11 is 0. The third kappa shape index (κ3) is 4.37. The Labute approximate surface area is 144 Å². The Morgan fingerprint density at radius 1 is 1.13 bits per heavy atom. The minimum atomic E-state index is -0.207. The van der Waals surface area contributed by atoms with Crippen molar-refractivity contribution in [2.45, 2.75) is 44.2 Å². The van der Waals surface area contributed by atoms with E-state index >= 15 is 0 Å². The van der Waals surface area contributed by atoms with Crippen molar-refractivity contribution in [3.05, 3.63) is 0 Å². The van der Waals surface area contributed by atoms with Crippen LogP contribution in [0.3, 0.4) is 0 Å². The van der Waals surface area contributed by atoms with Crippen LogP contribution in [0.25, 0.3) is 0 Å². The normalized spacial score (nSPS) is 31.2. The number of fused-ring (bicyclic) bond motifs is 1. The molecule has 0 spiro atoms. The Morgan fingerprint density at radius 3 is 2.48 bits per heavy atom. The van der Waals surface area contributed by atoms with Crippen LogP contribution in [0.1, 0.15) is 32.1 Å². The maximum atomic E-state index is 12.7. The third-order valence-corrected chi connectivity index (χ3v) is 5.43. The first kappa shape index (κ1) is 18.5. The standard InChI is InChI=1S/C16H27N3O3.ClH/c1-22-15(20)11-18-6-8-19(9-7-18)16(21)14-10-12-4-2-3-5-13(12)17-14;/h12-14,17H,2-11H2,1H3;1H. The van der Waals surface area contributed by atoms with Gasteiger partial charge in [0.05, 0.1) is 19.7 Å². The fraction of sp³-hybridized carbons (Fsp3) is 0.875. The molecule has 3 aliphatic rings. The number of hydrogen-bond donors (Lipinski definition) is 1. The van der Waals surface area contributed by atoms with Crippen LogP contribution < -0.4 is 5.32 Å². The fourth-order valence-corrected chi connectivity index (χ4v) is 4.10. The molecule has 23 heavy (non-hydrogen) atoms. The summed E-state index contributed by atoms with van der Waals surface area (Å²) in [6.07, 6.45) is 6.11. The summed E-state index contributed by atoms with van der Waals surface area (Å²) in [5.74, 6) is 0.747. The van der Waals surface area contributed by atoms with E-state index in [2.05, 4.69) is 10.2 Å². The van der Waals surface area contributed by atoms with Gasteiger partial charge in [-0.1, -0.05) is 12.8 Å². The van der Waals surface area contributed by atoms with Crippen LogP contribution in [0.15, 0.2) is 0 Å². The highest BCUT2D eigenvalue weighted by Crippen LogP contribution is 2.33. The lowest BCUT2D eigenvalue weighted by Gasteiger charge is -2.35. The van der Waals surface area contributed by atoms with Crippen molar-refractivity contribution in [3.63, 3.8) is 0 Å². The van der Waals surface area contributed by atoms with Gasteiger partial charge in [0, 0.05) is 32.2 Å². The summed E-state index contributed by atoms with van der Waals surface area (Å²) in [5, 5.41) is 3.56. The number of amides is 1. The summed E-state index contributed by atoms with van der Waals surface area (Å²) in [7, 11) is 1.41. The van der Waals surface area contributed by atoms with Crippen LogP contribution in [0.5, 0.6) is 0 Å². The number of ether oxygens (including phenoxy) is 1. The number of esters is 1. The van der Waals surface area contributed by atoms with E-state index in [0.29, 0.717) is 31.6 Å². The molecule has 1 aliphatic carbocycles. The Kier molecular flexibility index (Phi) is 6.68. The van der Waals surface area contributed by atoms with Gasteiger partial charge in [-0.2, -0.15) is 0 Å². The molecular formula is C16H28ClN3O3. The number of hydrogen-bond acceptors (Lipinski definition) is 5. The van der Waals surface area contributed by atoms with Gasteiger partial charge in [0.2, 0.25) is 5.91 Å². The largest absolute Gasteiger partial charge is 0.468 e. The lowest BCUT2D eigenvalue weighted by Crippen LogP contribution is -2.54. The van der Waals surface area contributed by atoms with Gasteiger partial charge in [-0.25, -0.2) is 0 Å². The van der Waals surface area contributed by atoms with Gasteiger partial charge in [0.1, 0.15) is 0 Å². The van der Waals surface area contributed by atoms with Crippen molar-refractivity contribution in [1.82, 2.24) is 15.1 Å². The first-order chi connectivity index (χ1) is 10.7. The number of halogens is 1. The molecule has 1 saturated carbocycles. The summed E-state index contributed by atoms with van der Waals surface area (Å²) < 4.78 is 4.69. The highest BCUT2D eigenvalue weighted by atomic mass is 35.5. The molecule has 2 heterocycles. The molecule has 3 atom stereocenters. The van der Waals surface area contributed by atoms with Gasteiger partial charge >= 0.3 is 5.97 Å². The smallest absolute Gasteiger partial charge is 0.319 e. The number of methoxy groups -OCH3 is 1. The molecule has 7 heteroatoms. The van der Waals surface area contributed by atoms with E-state index in [4.69, 9.17) is 4.74 Å². The SMILES string of the molecule is COC(=O)CN1CCN(C(=O)C2CC3CCCCC3N2)CC1.Cl. The molecule has 2 aliphatic heterocycles. The number of nitrogens with zero attached hydrogens (tertiary/aromatic N) is 2. The van der Waals surface area contributed by atoms with Crippen molar-refractivity contribution in [3.8, 4) is 0 Å². The van der Waals surface area contributed by atoms with Crippen molar-refractivity contribution in [2.24, 2.45) is 5.92 Å². The highest BCUT2D eigenvalue weighted by molar-refractivity contribution is 5.85. The first-order valence-corrected chi connectivity index (χ1v) is 8.51. The summed E-state index contributed by atoms with van der Waals surface area (Å²) in [6, 6.07) is 0.573. The maximum absolute atomic E-state index is 12.7. The second-order valence-corrected chi connectivity index (χ2v) is 6.78. The number of carbonyl (C=O) groups excluding carboxylic acids is 2. The maximum Gasteiger partial charge on any atom is 0.319 e. The Hall–Kier alpha value is -0.850. The van der Waals surface area contributed by atoms with Crippen LogP contribution in [-0.2, 0) is 14.3 Å². The van der Waals surface area contributed by atoms with Crippen LogP contribution in [0.2, 0.25) is 0 Å². The highest BCUT2D eigenvalue weighted by Gasteiger charge is 2.40. The predicted octanol–water partition coefficient (Wildman–Crippen LogP) is 0.646. The third-order valence-electron chi connectivity index (χ3n) is 5.43. The van der Waals surface area contributed by atoms with E-state index < -0.39 is 0 Å². The van der Waals surface area contributed by atoms with Gasteiger partial charge < -0.3 is 15.0 Å². The lowest BCUT2D eigenvalue weighted by molar-refractivity contribution is -0.143. The summed E-state index contributed by atoms with van der Waals surface area (Å²) in [6.45, 7) is 3.25. The molecule has 0 bridgehead atoms. The zero-order valence-electron chi connectivity index (χ0n) is 13.8. The van der Waals surface area contributed by atoms with E-state index in [-0.39, 0.29) is 30.3 Å². The monoisotopic (exact) mass is 345 g/mol. The molecular weight excluding hydrogens is 318 g/mol. The van der Waals surface area contributed by atoms with Gasteiger partial charge in [-0.3, -0.25) is 14.5 Å². The molecule has 2 saturated heterocycles. The van der Waals surface area contributed by atoms with Crippen LogP contribution in [-0.4, -0.2) is 73.6 Å². The Morgan fingerprint density at radius 2 is 1.83 bits per heavy atom. The molecule has 0 aromatic carbocycles. The second kappa shape index (κ2) is 8.31. The fourth-order valence-electron chi connectivity index (χ4n) is 4.10. The molecule has 0 aromatic rings. The average Bonchev–Trinajstić information content (AvgIpc) is 2.98. The van der Waals surface area contributed by atoms with E-state index in [9.17, 15) is 9.59 Å². The molecule has 3 fully saturated rings. The van der Waals surface area contributed by atoms with E-state index in [1.807, 2.05) is 4.90 Å². The van der Waals surface area contributed by atoms with Crippen molar-refractivity contribution < 1.29 is 14.3 Å². The minimum Gasteiger partial charge on any atom is -0.468 e. The van der Waals surface area contributed by atoms with Crippen molar-refractivity contribution in [2.75, 3.05) is 39.8 Å². The van der Waals surface area contributed by atoms with E-state index in [1.165, 1.54) is 32.8 Å².